The monoisotopic (exact) mass is 435 g/mol. The van der Waals surface area contributed by atoms with Gasteiger partial charge in [-0.3, -0.25) is 24.2 Å². The van der Waals surface area contributed by atoms with Crippen LogP contribution in [0.5, 0.6) is 0 Å². The zero-order valence-corrected chi connectivity index (χ0v) is 16.1. The van der Waals surface area contributed by atoms with Crippen molar-refractivity contribution in [2.24, 2.45) is 0 Å². The number of carbonyl (C=O) groups excluding carboxylic acids is 2. The predicted molar refractivity (Wildman–Crippen MR) is 99.9 cm³/mol. The first-order valence-corrected chi connectivity index (χ1v) is 10.4. The molecule has 3 heterocycles. The lowest BCUT2D eigenvalue weighted by molar-refractivity contribution is 0.0642. The first-order chi connectivity index (χ1) is 13.8. The highest BCUT2D eigenvalue weighted by Gasteiger charge is 2.36. The van der Waals surface area contributed by atoms with Crippen LogP contribution in [-0.4, -0.2) is 30.1 Å². The number of thiophene rings is 1. The third-order valence-corrected chi connectivity index (χ3v) is 7.05. The summed E-state index contributed by atoms with van der Waals surface area (Å²) < 4.78 is 53.6. The normalized spacial score (nSPS) is 13.7. The van der Waals surface area contributed by atoms with Gasteiger partial charge in [-0.05, 0) is 36.4 Å². The van der Waals surface area contributed by atoms with E-state index in [4.69, 9.17) is 0 Å². The van der Waals surface area contributed by atoms with Gasteiger partial charge in [0.05, 0.1) is 17.8 Å². The first-order valence-electron chi connectivity index (χ1n) is 8.14. The van der Waals surface area contributed by atoms with Crippen LogP contribution in [0.2, 0.25) is 0 Å². The third kappa shape index (κ3) is 3.49. The van der Waals surface area contributed by atoms with Crippen molar-refractivity contribution in [2.45, 2.75) is 10.8 Å². The Morgan fingerprint density at radius 1 is 1.07 bits per heavy atom. The van der Waals surface area contributed by atoms with Gasteiger partial charge in [0.1, 0.15) is 21.5 Å². The molecule has 29 heavy (non-hydrogen) atoms. The van der Waals surface area contributed by atoms with E-state index in [1.807, 2.05) is 0 Å². The molecule has 148 valence electrons. The van der Waals surface area contributed by atoms with Crippen LogP contribution in [0.3, 0.4) is 0 Å². The van der Waals surface area contributed by atoms with E-state index in [0.29, 0.717) is 10.9 Å². The summed E-state index contributed by atoms with van der Waals surface area (Å²) >= 11 is 0.824. The fourth-order valence-corrected chi connectivity index (χ4v) is 5.18. The second-order valence-electron chi connectivity index (χ2n) is 6.05. The van der Waals surface area contributed by atoms with Crippen molar-refractivity contribution >= 4 is 38.9 Å². The Morgan fingerprint density at radius 3 is 2.59 bits per heavy atom. The topological polar surface area (TPSA) is 96.4 Å². The van der Waals surface area contributed by atoms with E-state index in [1.165, 1.54) is 24.4 Å². The van der Waals surface area contributed by atoms with Gasteiger partial charge in [0.2, 0.25) is 0 Å². The number of fused-ring (bicyclic) bond motifs is 1. The number of hydrogen-bond acceptors (Lipinski definition) is 6. The standard InChI is InChI=1S/C18H11F2N3O4S2/c19-10-3-5-14(13(20)8-10)22-29(26,27)15-6-4-11(28-15)9-23-17(24)12-2-1-7-21-16(12)18(23)25/h1-8,22H,9H2. The van der Waals surface area contributed by atoms with E-state index < -0.39 is 39.2 Å². The number of anilines is 1. The molecule has 4 rings (SSSR count). The molecule has 3 aromatic rings. The molecule has 0 bridgehead atoms. The average molecular weight is 435 g/mol. The summed E-state index contributed by atoms with van der Waals surface area (Å²) in [5, 5.41) is 0. The Bertz CT molecular complexity index is 1220. The van der Waals surface area contributed by atoms with Gasteiger partial charge >= 0.3 is 0 Å². The quantitative estimate of drug-likeness (QED) is 0.622. The van der Waals surface area contributed by atoms with Crippen molar-refractivity contribution < 1.29 is 26.8 Å². The molecule has 1 aliphatic heterocycles. The van der Waals surface area contributed by atoms with Crippen LogP contribution in [0.4, 0.5) is 14.5 Å². The van der Waals surface area contributed by atoms with E-state index in [-0.39, 0.29) is 22.0 Å². The predicted octanol–water partition coefficient (Wildman–Crippen LogP) is 3.02. The highest BCUT2D eigenvalue weighted by atomic mass is 32.2. The molecule has 2 aromatic heterocycles. The summed E-state index contributed by atoms with van der Waals surface area (Å²) in [5.41, 5.74) is -0.154. The lowest BCUT2D eigenvalue weighted by atomic mass is 10.2. The number of carbonyl (C=O) groups is 2. The van der Waals surface area contributed by atoms with Crippen molar-refractivity contribution in [3.05, 3.63) is 76.4 Å². The molecule has 0 spiro atoms. The largest absolute Gasteiger partial charge is 0.280 e. The summed E-state index contributed by atoms with van der Waals surface area (Å²) in [6.07, 6.45) is 1.41. The van der Waals surface area contributed by atoms with Crippen LogP contribution in [0.15, 0.2) is 52.9 Å². The SMILES string of the molecule is O=C1c2cccnc2C(=O)N1Cc1ccc(S(=O)(=O)Nc2ccc(F)cc2F)s1. The van der Waals surface area contributed by atoms with E-state index in [0.717, 1.165) is 28.4 Å². The zero-order chi connectivity index (χ0) is 20.8. The molecule has 1 aliphatic rings. The van der Waals surface area contributed by atoms with Crippen LogP contribution < -0.4 is 4.72 Å². The van der Waals surface area contributed by atoms with Gasteiger partial charge in [0.15, 0.2) is 0 Å². The molecule has 0 aliphatic carbocycles. The summed E-state index contributed by atoms with van der Waals surface area (Å²) in [4.78, 5) is 30.1. The molecule has 2 amide bonds. The van der Waals surface area contributed by atoms with Crippen molar-refractivity contribution in [1.29, 1.82) is 0 Å². The van der Waals surface area contributed by atoms with Crippen molar-refractivity contribution in [3.8, 4) is 0 Å². The number of sulfonamides is 1. The number of pyridine rings is 1. The second kappa shape index (κ2) is 7.01. The second-order valence-corrected chi connectivity index (χ2v) is 9.12. The van der Waals surface area contributed by atoms with Crippen LogP contribution >= 0.6 is 11.3 Å². The minimum atomic E-state index is -4.14. The summed E-state index contributed by atoms with van der Waals surface area (Å²) in [5.74, 6) is -2.96. The fraction of sp³-hybridized carbons (Fsp3) is 0.0556. The smallest absolute Gasteiger partial charge is 0.276 e. The van der Waals surface area contributed by atoms with Crippen LogP contribution in [-0.2, 0) is 16.6 Å². The van der Waals surface area contributed by atoms with Gasteiger partial charge in [-0.25, -0.2) is 17.2 Å². The molecule has 1 N–H and O–H groups in total. The van der Waals surface area contributed by atoms with Crippen molar-refractivity contribution in [3.63, 3.8) is 0 Å². The molecule has 11 heteroatoms. The van der Waals surface area contributed by atoms with Gasteiger partial charge in [0.25, 0.3) is 21.8 Å². The third-order valence-electron chi connectivity index (χ3n) is 4.12. The number of halogens is 2. The number of nitrogens with one attached hydrogen (secondary N) is 1. The Kier molecular flexibility index (Phi) is 4.63. The maximum atomic E-state index is 13.7. The Hall–Kier alpha value is -3.18. The number of amides is 2. The van der Waals surface area contributed by atoms with Crippen molar-refractivity contribution in [1.82, 2.24) is 9.88 Å². The van der Waals surface area contributed by atoms with Gasteiger partial charge in [-0.15, -0.1) is 11.3 Å². The molecule has 0 radical (unpaired) electrons. The van der Waals surface area contributed by atoms with E-state index >= 15 is 0 Å². The molecule has 1 aromatic carbocycles. The number of hydrogen-bond donors (Lipinski definition) is 1. The minimum Gasteiger partial charge on any atom is -0.276 e. The van der Waals surface area contributed by atoms with Crippen LogP contribution in [0.1, 0.15) is 25.7 Å². The molecular weight excluding hydrogens is 424 g/mol. The Morgan fingerprint density at radius 2 is 1.86 bits per heavy atom. The highest BCUT2D eigenvalue weighted by Crippen LogP contribution is 2.29. The van der Waals surface area contributed by atoms with Gasteiger partial charge in [-0.2, -0.15) is 0 Å². The van der Waals surface area contributed by atoms with E-state index in [2.05, 4.69) is 9.71 Å². The fourth-order valence-electron chi connectivity index (χ4n) is 2.77. The number of aromatic nitrogens is 1. The summed E-state index contributed by atoms with van der Waals surface area (Å²) in [6.45, 7) is -0.126. The summed E-state index contributed by atoms with van der Waals surface area (Å²) in [6, 6.07) is 8.24. The van der Waals surface area contributed by atoms with E-state index in [1.54, 1.807) is 6.07 Å². The molecule has 0 unspecified atom stereocenters. The zero-order valence-electron chi connectivity index (χ0n) is 14.4. The number of nitrogens with zero attached hydrogens (tertiary/aromatic N) is 2. The molecule has 0 atom stereocenters. The van der Waals surface area contributed by atoms with Crippen LogP contribution in [0.25, 0.3) is 0 Å². The molecular formula is C18H11F2N3O4S2. The Balaban J connectivity index is 1.54. The average Bonchev–Trinajstić information content (AvgIpc) is 3.25. The number of benzene rings is 1. The lowest BCUT2D eigenvalue weighted by Crippen LogP contribution is -2.28. The maximum absolute atomic E-state index is 13.7. The number of rotatable bonds is 5. The Labute approximate surface area is 167 Å². The first kappa shape index (κ1) is 19.2. The van der Waals surface area contributed by atoms with Gasteiger partial charge < -0.3 is 0 Å². The summed E-state index contributed by atoms with van der Waals surface area (Å²) in [7, 11) is -4.14. The van der Waals surface area contributed by atoms with Crippen LogP contribution in [0, 0.1) is 11.6 Å². The number of imide groups is 1. The molecule has 7 nitrogen and oxygen atoms in total. The van der Waals surface area contributed by atoms with E-state index in [9.17, 15) is 26.8 Å². The van der Waals surface area contributed by atoms with Crippen molar-refractivity contribution in [2.75, 3.05) is 4.72 Å². The molecule has 0 saturated heterocycles. The maximum Gasteiger partial charge on any atom is 0.280 e. The minimum absolute atomic E-state index is 0.0513. The molecule has 0 saturated carbocycles. The molecule has 0 fully saturated rings. The lowest BCUT2D eigenvalue weighted by Gasteiger charge is -2.11. The van der Waals surface area contributed by atoms with Gasteiger partial charge in [-0.1, -0.05) is 0 Å². The van der Waals surface area contributed by atoms with Gasteiger partial charge in [0, 0.05) is 17.1 Å². The highest BCUT2D eigenvalue weighted by molar-refractivity contribution is 7.94.